The molecule has 0 saturated heterocycles. The van der Waals surface area contributed by atoms with Gasteiger partial charge in [-0.15, -0.1) is 18.0 Å². The van der Waals surface area contributed by atoms with E-state index in [9.17, 15) is 0 Å². The van der Waals surface area contributed by atoms with E-state index < -0.39 is 8.80 Å². The highest BCUT2D eigenvalue weighted by Gasteiger charge is 2.16. The van der Waals surface area contributed by atoms with Crippen LogP contribution in [0.15, 0.2) is 12.7 Å². The molecule has 0 N–H and O–H groups in total. The molecule has 1 heteroatoms. The summed E-state index contributed by atoms with van der Waals surface area (Å²) < 4.78 is 0. The van der Waals surface area contributed by atoms with Crippen LogP contribution in [-0.4, -0.2) is 8.80 Å². The van der Waals surface area contributed by atoms with Crippen LogP contribution in [0.1, 0.15) is 34.1 Å². The summed E-state index contributed by atoms with van der Waals surface area (Å²) in [5, 5.41) is 0. The van der Waals surface area contributed by atoms with Crippen molar-refractivity contribution < 1.29 is 0 Å². The summed E-state index contributed by atoms with van der Waals surface area (Å²) in [7, 11) is -0.821. The average molecular weight is 180 g/mol. The van der Waals surface area contributed by atoms with Crippen LogP contribution < -0.4 is 0 Å². The molecule has 0 aliphatic carbocycles. The molecule has 0 aromatic carbocycles. The molecule has 0 atom stereocenters. The van der Waals surface area contributed by atoms with Crippen molar-refractivity contribution in [2.24, 2.45) is 0 Å². The van der Waals surface area contributed by atoms with Crippen LogP contribution >= 0.6 is 0 Å². The van der Waals surface area contributed by atoms with Crippen LogP contribution in [0.3, 0.4) is 0 Å². The lowest BCUT2D eigenvalue weighted by Crippen LogP contribution is -2.18. The summed E-state index contributed by atoms with van der Waals surface area (Å²) in [6.07, 6.45) is 2.72. The SMILES string of the molecule is C=CCC#C[SiH](C(C)C)C(C)C. The Hall–Kier alpha value is -0.483. The van der Waals surface area contributed by atoms with E-state index in [2.05, 4.69) is 45.7 Å². The fraction of sp³-hybridized carbons (Fsp3) is 0.636. The van der Waals surface area contributed by atoms with E-state index in [1.807, 2.05) is 6.08 Å². The molecule has 0 bridgehead atoms. The highest BCUT2D eigenvalue weighted by atomic mass is 28.3. The van der Waals surface area contributed by atoms with Gasteiger partial charge >= 0.3 is 0 Å². The molecule has 0 unspecified atom stereocenters. The topological polar surface area (TPSA) is 0 Å². The number of hydrogen-bond acceptors (Lipinski definition) is 0. The Kier molecular flexibility index (Phi) is 5.83. The van der Waals surface area contributed by atoms with Crippen LogP contribution in [0.25, 0.3) is 0 Å². The number of hydrogen-bond donors (Lipinski definition) is 0. The third-order valence-electron chi connectivity index (χ3n) is 1.95. The van der Waals surface area contributed by atoms with Gasteiger partial charge < -0.3 is 0 Å². The summed E-state index contributed by atoms with van der Waals surface area (Å²) in [6, 6.07) is 0. The van der Waals surface area contributed by atoms with Gasteiger partial charge in [0.05, 0.1) is 0 Å². The van der Waals surface area contributed by atoms with Gasteiger partial charge in [-0.05, 0) is 11.1 Å². The zero-order valence-corrected chi connectivity index (χ0v) is 9.88. The van der Waals surface area contributed by atoms with Crippen molar-refractivity contribution in [1.82, 2.24) is 0 Å². The zero-order valence-electron chi connectivity index (χ0n) is 8.72. The first-order valence-corrected chi connectivity index (χ1v) is 6.60. The van der Waals surface area contributed by atoms with Gasteiger partial charge in [0.15, 0.2) is 0 Å². The third-order valence-corrected chi connectivity index (χ3v) is 5.36. The van der Waals surface area contributed by atoms with Gasteiger partial charge in [-0.3, -0.25) is 0 Å². The first-order valence-electron chi connectivity index (χ1n) is 4.68. The number of allylic oxidation sites excluding steroid dienone is 1. The Morgan fingerprint density at radius 1 is 1.25 bits per heavy atom. The van der Waals surface area contributed by atoms with Crippen molar-refractivity contribution in [3.05, 3.63) is 12.7 Å². The molecule has 0 aromatic heterocycles. The maximum Gasteiger partial charge on any atom is 0.127 e. The highest BCUT2D eigenvalue weighted by Crippen LogP contribution is 2.18. The monoisotopic (exact) mass is 180 g/mol. The summed E-state index contributed by atoms with van der Waals surface area (Å²) in [4.78, 5) is 0. The minimum Gasteiger partial charge on any atom is -0.135 e. The lowest BCUT2D eigenvalue weighted by Gasteiger charge is -2.16. The molecule has 0 heterocycles. The maximum absolute atomic E-state index is 3.66. The van der Waals surface area contributed by atoms with Crippen molar-refractivity contribution in [1.29, 1.82) is 0 Å². The molecule has 68 valence electrons. The largest absolute Gasteiger partial charge is 0.135 e. The second-order valence-corrected chi connectivity index (χ2v) is 7.83. The molecular weight excluding hydrogens is 160 g/mol. The highest BCUT2D eigenvalue weighted by molar-refractivity contribution is 6.70. The first kappa shape index (κ1) is 11.5. The molecule has 0 fully saturated rings. The fourth-order valence-electron chi connectivity index (χ4n) is 1.35. The Morgan fingerprint density at radius 3 is 2.08 bits per heavy atom. The Morgan fingerprint density at radius 2 is 1.75 bits per heavy atom. The van der Waals surface area contributed by atoms with Crippen molar-refractivity contribution >= 4 is 8.80 Å². The van der Waals surface area contributed by atoms with Crippen molar-refractivity contribution in [2.45, 2.75) is 45.2 Å². The molecular formula is C11H20Si. The Balaban J connectivity index is 4.15. The second-order valence-electron chi connectivity index (χ2n) is 3.83. The van der Waals surface area contributed by atoms with Crippen molar-refractivity contribution in [3.63, 3.8) is 0 Å². The van der Waals surface area contributed by atoms with Crippen molar-refractivity contribution in [2.75, 3.05) is 0 Å². The van der Waals surface area contributed by atoms with E-state index in [-0.39, 0.29) is 0 Å². The van der Waals surface area contributed by atoms with Gasteiger partial charge in [-0.1, -0.05) is 33.8 Å². The molecule has 0 aliphatic heterocycles. The van der Waals surface area contributed by atoms with E-state index in [0.29, 0.717) is 0 Å². The van der Waals surface area contributed by atoms with E-state index in [4.69, 9.17) is 0 Å². The Labute approximate surface area is 78.7 Å². The first-order chi connectivity index (χ1) is 5.59. The van der Waals surface area contributed by atoms with Gasteiger partial charge in [0.1, 0.15) is 8.80 Å². The normalized spacial score (nSPS) is 10.2. The summed E-state index contributed by atoms with van der Waals surface area (Å²) >= 11 is 0. The standard InChI is InChI=1S/C11H20Si/c1-6-7-8-9-12(10(2)3)11(4)5/h6,10-12H,1,7H2,2-5H3. The maximum atomic E-state index is 3.66. The van der Waals surface area contributed by atoms with Gasteiger partial charge in [-0.25, -0.2) is 0 Å². The lowest BCUT2D eigenvalue weighted by atomic mass is 10.5. The van der Waals surface area contributed by atoms with E-state index in [1.165, 1.54) is 0 Å². The molecule has 12 heavy (non-hydrogen) atoms. The van der Waals surface area contributed by atoms with Gasteiger partial charge in [0.25, 0.3) is 0 Å². The molecule has 0 aliphatic rings. The average Bonchev–Trinajstić information content (AvgIpc) is 1.96. The van der Waals surface area contributed by atoms with Crippen LogP contribution in [0.2, 0.25) is 11.1 Å². The quantitative estimate of drug-likeness (QED) is 0.355. The molecule has 0 aromatic rings. The lowest BCUT2D eigenvalue weighted by molar-refractivity contribution is 0.954. The predicted octanol–water partition coefficient (Wildman–Crippen LogP) is 3.15. The third kappa shape index (κ3) is 4.41. The minimum absolute atomic E-state index is 0.794. The van der Waals surface area contributed by atoms with E-state index in [1.54, 1.807) is 0 Å². The smallest absolute Gasteiger partial charge is 0.127 e. The summed E-state index contributed by atoms with van der Waals surface area (Å²) in [6.45, 7) is 12.8. The zero-order chi connectivity index (χ0) is 9.56. The van der Waals surface area contributed by atoms with Crippen LogP contribution in [0.4, 0.5) is 0 Å². The molecule has 0 nitrogen and oxygen atoms in total. The van der Waals surface area contributed by atoms with Crippen LogP contribution in [-0.2, 0) is 0 Å². The molecule has 0 spiro atoms. The van der Waals surface area contributed by atoms with E-state index in [0.717, 1.165) is 17.5 Å². The fourth-order valence-corrected chi connectivity index (χ4v) is 3.91. The van der Waals surface area contributed by atoms with Gasteiger partial charge in [-0.2, -0.15) is 0 Å². The van der Waals surface area contributed by atoms with E-state index >= 15 is 0 Å². The Bertz CT molecular complexity index is 173. The molecule has 0 radical (unpaired) electrons. The number of rotatable bonds is 3. The van der Waals surface area contributed by atoms with Crippen molar-refractivity contribution in [3.8, 4) is 11.5 Å². The van der Waals surface area contributed by atoms with Gasteiger partial charge in [0.2, 0.25) is 0 Å². The second kappa shape index (κ2) is 6.08. The summed E-state index contributed by atoms with van der Waals surface area (Å²) in [5.41, 5.74) is 5.02. The summed E-state index contributed by atoms with van der Waals surface area (Å²) in [5.74, 6) is 3.19. The molecule has 0 amide bonds. The predicted molar refractivity (Wildman–Crippen MR) is 59.9 cm³/mol. The minimum atomic E-state index is -0.821. The molecule has 0 rings (SSSR count). The molecule has 0 saturated carbocycles. The van der Waals surface area contributed by atoms with Gasteiger partial charge in [0, 0.05) is 6.42 Å². The van der Waals surface area contributed by atoms with Crippen LogP contribution in [0, 0.1) is 11.5 Å². The van der Waals surface area contributed by atoms with Crippen LogP contribution in [0.5, 0.6) is 0 Å².